The average Bonchev–Trinajstić information content (AvgIpc) is 3.11. The fraction of sp³-hybridized carbons (Fsp3) is 0.333. The summed E-state index contributed by atoms with van der Waals surface area (Å²) in [5, 5.41) is 19.2. The van der Waals surface area contributed by atoms with Gasteiger partial charge in [-0.15, -0.1) is 0 Å². The van der Waals surface area contributed by atoms with Crippen LogP contribution in [-0.4, -0.2) is 60.3 Å². The van der Waals surface area contributed by atoms with Crippen molar-refractivity contribution in [2.45, 2.75) is 19.4 Å². The van der Waals surface area contributed by atoms with Crippen molar-refractivity contribution in [1.82, 2.24) is 9.62 Å². The van der Waals surface area contributed by atoms with Crippen LogP contribution in [0.25, 0.3) is 0 Å². The summed E-state index contributed by atoms with van der Waals surface area (Å²) in [5.41, 5.74) is -0.853. The van der Waals surface area contributed by atoms with Gasteiger partial charge in [0.15, 0.2) is 12.1 Å². The predicted octanol–water partition coefficient (Wildman–Crippen LogP) is 2.69. The molecule has 2 aromatic rings. The van der Waals surface area contributed by atoms with Crippen molar-refractivity contribution in [2.24, 2.45) is 5.10 Å². The number of carbonyl (C=O) groups is 1. The second kappa shape index (κ2) is 8.68. The Morgan fingerprint density at radius 3 is 2.26 bits per heavy atom. The first-order valence-corrected chi connectivity index (χ1v) is 11.7. The van der Waals surface area contributed by atoms with Crippen molar-refractivity contribution in [3.63, 3.8) is 0 Å². The van der Waals surface area contributed by atoms with Crippen molar-refractivity contribution in [1.29, 1.82) is 0 Å². The quantitative estimate of drug-likeness (QED) is 0.640. The van der Waals surface area contributed by atoms with E-state index in [1.165, 1.54) is 11.4 Å². The molecule has 2 unspecified atom stereocenters. The molecule has 2 atom stereocenters. The molecule has 2 aromatic carbocycles. The number of nitrogens with zero attached hydrogens (tertiary/aromatic N) is 3. The van der Waals surface area contributed by atoms with Crippen LogP contribution in [0.5, 0.6) is 0 Å². The second-order valence-electron chi connectivity index (χ2n) is 7.16. The SMILES string of the molecule is CCN(CC)S(=O)(=O)[N+]1(C(=O)NC)CC(O)(c2ccccc2)C(c2ccc(Cl)cc2)=N1. The molecule has 0 bridgehead atoms. The summed E-state index contributed by atoms with van der Waals surface area (Å²) in [4.78, 5) is 13.1. The van der Waals surface area contributed by atoms with Gasteiger partial charge in [0.1, 0.15) is 5.71 Å². The molecule has 31 heavy (non-hydrogen) atoms. The Morgan fingerprint density at radius 2 is 1.74 bits per heavy atom. The lowest BCUT2D eigenvalue weighted by Crippen LogP contribution is -2.62. The van der Waals surface area contributed by atoms with Gasteiger partial charge in [-0.3, -0.25) is 0 Å². The average molecular weight is 466 g/mol. The molecule has 1 heterocycles. The van der Waals surface area contributed by atoms with E-state index in [-0.39, 0.29) is 18.8 Å². The number of hydrogen-bond acceptors (Lipinski definition) is 5. The van der Waals surface area contributed by atoms with Crippen molar-refractivity contribution >= 4 is 33.6 Å². The smallest absolute Gasteiger partial charge is 0.373 e. The maximum absolute atomic E-state index is 13.7. The highest BCUT2D eigenvalue weighted by Gasteiger charge is 2.65. The van der Waals surface area contributed by atoms with E-state index in [1.54, 1.807) is 68.4 Å². The summed E-state index contributed by atoms with van der Waals surface area (Å²) >= 11 is 6.01. The molecule has 0 saturated carbocycles. The molecule has 0 saturated heterocycles. The van der Waals surface area contributed by atoms with Crippen LogP contribution in [-0.2, 0) is 15.8 Å². The number of hydrogen-bond donors (Lipinski definition) is 2. The van der Waals surface area contributed by atoms with Crippen molar-refractivity contribution in [2.75, 3.05) is 26.7 Å². The van der Waals surface area contributed by atoms with Gasteiger partial charge >= 0.3 is 16.2 Å². The van der Waals surface area contributed by atoms with Crippen LogP contribution < -0.4 is 5.32 Å². The summed E-state index contributed by atoms with van der Waals surface area (Å²) in [5.74, 6) is 0. The van der Waals surface area contributed by atoms with Crippen molar-refractivity contribution in [3.8, 4) is 0 Å². The van der Waals surface area contributed by atoms with E-state index in [9.17, 15) is 18.3 Å². The summed E-state index contributed by atoms with van der Waals surface area (Å²) in [7, 11) is -2.97. The van der Waals surface area contributed by atoms with E-state index in [0.717, 1.165) is 0 Å². The predicted molar refractivity (Wildman–Crippen MR) is 120 cm³/mol. The Bertz CT molecular complexity index is 1090. The number of nitrogens with one attached hydrogen (secondary N) is 1. The minimum Gasteiger partial charge on any atom is -0.373 e. The van der Waals surface area contributed by atoms with E-state index in [4.69, 9.17) is 11.6 Å². The van der Waals surface area contributed by atoms with E-state index in [2.05, 4.69) is 10.4 Å². The van der Waals surface area contributed by atoms with Crippen LogP contribution in [0.1, 0.15) is 25.0 Å². The first-order valence-electron chi connectivity index (χ1n) is 9.91. The molecule has 2 amide bonds. The van der Waals surface area contributed by atoms with Crippen LogP contribution in [0.2, 0.25) is 5.02 Å². The molecule has 0 radical (unpaired) electrons. The largest absolute Gasteiger partial charge is 0.459 e. The molecule has 1 aliphatic rings. The molecule has 2 N–H and O–H groups in total. The van der Waals surface area contributed by atoms with Gasteiger partial charge in [-0.1, -0.05) is 73.0 Å². The molecular formula is C21H26ClN4O4S+. The standard InChI is InChI=1S/C21H25ClN4O4S/c1-4-25(5-2)31(29,30)26(20(27)23-3)15-21(28,17-9-7-6-8-10-17)19(24-26)16-11-13-18(22)14-12-16/h6-14,28H,4-5,15H2,1-3H3/p+1. The van der Waals surface area contributed by atoms with Crippen molar-refractivity contribution < 1.29 is 22.3 Å². The third kappa shape index (κ3) is 3.77. The normalized spacial score (nSPS) is 23.6. The number of quaternary nitrogens is 1. The number of urea groups is 1. The van der Waals surface area contributed by atoms with Gasteiger partial charge in [0.25, 0.3) is 0 Å². The molecular weight excluding hydrogens is 440 g/mol. The maximum atomic E-state index is 13.7. The van der Waals surface area contributed by atoms with Gasteiger partial charge in [-0.05, 0) is 17.7 Å². The number of rotatable bonds is 6. The minimum atomic E-state index is -4.32. The van der Waals surface area contributed by atoms with Crippen LogP contribution in [0, 0.1) is 0 Å². The minimum absolute atomic E-state index is 0.0784. The molecule has 0 fully saturated rings. The Morgan fingerprint density at radius 1 is 1.16 bits per heavy atom. The number of carbonyl (C=O) groups excluding carboxylic acids is 1. The summed E-state index contributed by atoms with van der Waals surface area (Å²) in [6.45, 7) is 3.18. The van der Waals surface area contributed by atoms with Gasteiger partial charge in [0.2, 0.25) is 0 Å². The lowest BCUT2D eigenvalue weighted by molar-refractivity contribution is -0.731. The lowest BCUT2D eigenvalue weighted by atomic mass is 9.86. The van der Waals surface area contributed by atoms with Crippen LogP contribution in [0.3, 0.4) is 0 Å². The molecule has 0 aliphatic carbocycles. The zero-order valence-electron chi connectivity index (χ0n) is 17.6. The second-order valence-corrected chi connectivity index (χ2v) is 9.61. The molecule has 8 nitrogen and oxygen atoms in total. The lowest BCUT2D eigenvalue weighted by Gasteiger charge is -2.31. The third-order valence-corrected chi connectivity index (χ3v) is 7.97. The third-order valence-electron chi connectivity index (χ3n) is 5.41. The Hall–Kier alpha value is -2.30. The number of benzene rings is 2. The van der Waals surface area contributed by atoms with Gasteiger partial charge in [0, 0.05) is 34.7 Å². The molecule has 1 aliphatic heterocycles. The molecule has 3 rings (SSSR count). The monoisotopic (exact) mass is 465 g/mol. The first kappa shape index (κ1) is 23.4. The van der Waals surface area contributed by atoms with Gasteiger partial charge in [-0.2, -0.15) is 12.7 Å². The number of amides is 2. The highest BCUT2D eigenvalue weighted by atomic mass is 35.5. The summed E-state index contributed by atoms with van der Waals surface area (Å²) < 4.78 is 27.2. The van der Waals surface area contributed by atoms with E-state index in [1.807, 2.05) is 0 Å². The zero-order chi connectivity index (χ0) is 22.9. The fourth-order valence-corrected chi connectivity index (χ4v) is 5.78. The highest BCUT2D eigenvalue weighted by Crippen LogP contribution is 2.40. The van der Waals surface area contributed by atoms with Crippen LogP contribution in [0.15, 0.2) is 59.7 Å². The van der Waals surface area contributed by atoms with Gasteiger partial charge in [-0.25, -0.2) is 4.79 Å². The van der Waals surface area contributed by atoms with E-state index in [0.29, 0.717) is 16.1 Å². The number of aliphatic hydroxyl groups is 1. The van der Waals surface area contributed by atoms with Gasteiger partial charge in [0.05, 0.1) is 0 Å². The Labute approximate surface area is 187 Å². The first-order chi connectivity index (χ1) is 14.7. The zero-order valence-corrected chi connectivity index (χ0v) is 19.2. The van der Waals surface area contributed by atoms with Gasteiger partial charge < -0.3 is 10.4 Å². The highest BCUT2D eigenvalue weighted by molar-refractivity contribution is 7.83. The molecule has 0 spiro atoms. The topological polar surface area (TPSA) is 99.1 Å². The molecule has 166 valence electrons. The van der Waals surface area contributed by atoms with Crippen molar-refractivity contribution in [3.05, 3.63) is 70.7 Å². The molecule has 10 heteroatoms. The number of halogens is 1. The van der Waals surface area contributed by atoms with E-state index >= 15 is 0 Å². The summed E-state index contributed by atoms with van der Waals surface area (Å²) in [6.07, 6.45) is 0. The van der Waals surface area contributed by atoms with Crippen LogP contribution in [0.4, 0.5) is 4.79 Å². The maximum Gasteiger partial charge on any atom is 0.459 e. The Balaban J connectivity index is 2.33. The Kier molecular flexibility index (Phi) is 6.54. The summed E-state index contributed by atoms with van der Waals surface area (Å²) in [6, 6.07) is 14.3. The van der Waals surface area contributed by atoms with E-state index < -0.39 is 32.4 Å². The van der Waals surface area contributed by atoms with Crippen LogP contribution >= 0.6 is 11.6 Å². The molecule has 0 aromatic heterocycles. The fourth-order valence-electron chi connectivity index (χ4n) is 3.78.